The van der Waals surface area contributed by atoms with E-state index in [0.29, 0.717) is 5.92 Å². The van der Waals surface area contributed by atoms with Crippen LogP contribution in [0.1, 0.15) is 46.0 Å². The lowest BCUT2D eigenvalue weighted by Gasteiger charge is -2.42. The molecule has 0 radical (unpaired) electrons. The lowest BCUT2D eigenvalue weighted by molar-refractivity contribution is -0.120. The number of aliphatic hydroxyl groups excluding tert-OH is 1. The van der Waals surface area contributed by atoms with Crippen molar-refractivity contribution in [3.63, 3.8) is 0 Å². The van der Waals surface area contributed by atoms with E-state index in [1.54, 1.807) is 0 Å². The first-order chi connectivity index (χ1) is 8.54. The standard InChI is InChI=1S/C15H27NO2/c1-12-3-6-15(11-17,7-4-12)10-16-8-5-13(2)14(18)9-16/h11-14,18H,3-10H2,1-2H3. The molecular formula is C15H27NO2. The molecule has 104 valence electrons. The van der Waals surface area contributed by atoms with Gasteiger partial charge in [0.15, 0.2) is 0 Å². The van der Waals surface area contributed by atoms with Crippen molar-refractivity contribution < 1.29 is 9.90 Å². The average Bonchev–Trinajstić information content (AvgIpc) is 2.37. The summed E-state index contributed by atoms with van der Waals surface area (Å²) < 4.78 is 0. The number of aliphatic hydroxyl groups is 1. The van der Waals surface area contributed by atoms with E-state index in [1.165, 1.54) is 19.1 Å². The molecule has 0 aromatic heterocycles. The summed E-state index contributed by atoms with van der Waals surface area (Å²) in [5.41, 5.74) is -0.132. The zero-order valence-corrected chi connectivity index (χ0v) is 11.8. The first kappa shape index (κ1) is 14.0. The summed E-state index contributed by atoms with van der Waals surface area (Å²) in [6.45, 7) is 7.02. The highest BCUT2D eigenvalue weighted by Crippen LogP contribution is 2.38. The molecule has 0 amide bonds. The van der Waals surface area contributed by atoms with Crippen molar-refractivity contribution in [1.29, 1.82) is 0 Å². The van der Waals surface area contributed by atoms with Gasteiger partial charge in [-0.15, -0.1) is 0 Å². The SMILES string of the molecule is CC1CCC(C=O)(CN2CCC(C)C(O)C2)CC1. The van der Waals surface area contributed by atoms with E-state index in [2.05, 4.69) is 18.7 Å². The smallest absolute Gasteiger partial charge is 0.127 e. The van der Waals surface area contributed by atoms with E-state index in [1.807, 2.05) is 0 Å². The van der Waals surface area contributed by atoms with Crippen LogP contribution in [0.4, 0.5) is 0 Å². The number of likely N-dealkylation sites (tertiary alicyclic amines) is 1. The van der Waals surface area contributed by atoms with Gasteiger partial charge in [0.05, 0.1) is 6.10 Å². The fraction of sp³-hybridized carbons (Fsp3) is 0.933. The van der Waals surface area contributed by atoms with E-state index in [4.69, 9.17) is 0 Å². The first-order valence-corrected chi connectivity index (χ1v) is 7.41. The third-order valence-corrected chi connectivity index (χ3v) is 5.06. The van der Waals surface area contributed by atoms with E-state index in [0.717, 1.165) is 44.8 Å². The van der Waals surface area contributed by atoms with Crippen molar-refractivity contribution in [2.45, 2.75) is 52.1 Å². The molecule has 1 saturated carbocycles. The second kappa shape index (κ2) is 5.70. The molecule has 2 fully saturated rings. The van der Waals surface area contributed by atoms with Gasteiger partial charge < -0.3 is 9.90 Å². The van der Waals surface area contributed by atoms with Crippen molar-refractivity contribution in [3.05, 3.63) is 0 Å². The molecule has 2 aliphatic rings. The summed E-state index contributed by atoms with van der Waals surface area (Å²) in [7, 11) is 0. The highest BCUT2D eigenvalue weighted by Gasteiger charge is 2.37. The fourth-order valence-electron chi connectivity index (χ4n) is 3.35. The quantitative estimate of drug-likeness (QED) is 0.783. The molecule has 0 aromatic carbocycles. The first-order valence-electron chi connectivity index (χ1n) is 7.41. The molecular weight excluding hydrogens is 226 g/mol. The van der Waals surface area contributed by atoms with Crippen LogP contribution in [-0.2, 0) is 4.79 Å². The highest BCUT2D eigenvalue weighted by molar-refractivity contribution is 5.60. The molecule has 1 saturated heterocycles. The van der Waals surface area contributed by atoms with Crippen LogP contribution < -0.4 is 0 Å². The minimum Gasteiger partial charge on any atom is -0.392 e. The number of carbonyl (C=O) groups excluding carboxylic acids is 1. The lowest BCUT2D eigenvalue weighted by Crippen LogP contribution is -2.48. The Labute approximate surface area is 111 Å². The maximum atomic E-state index is 11.5. The number of nitrogens with zero attached hydrogens (tertiary/aromatic N) is 1. The fourth-order valence-corrected chi connectivity index (χ4v) is 3.35. The Morgan fingerprint density at radius 3 is 2.50 bits per heavy atom. The zero-order valence-electron chi connectivity index (χ0n) is 11.8. The molecule has 0 spiro atoms. The monoisotopic (exact) mass is 253 g/mol. The highest BCUT2D eigenvalue weighted by atomic mass is 16.3. The van der Waals surface area contributed by atoms with Gasteiger partial charge in [-0.05, 0) is 50.5 Å². The Bertz CT molecular complexity index is 284. The third kappa shape index (κ3) is 3.12. The molecule has 2 rings (SSSR count). The van der Waals surface area contributed by atoms with Crippen LogP contribution in [0.5, 0.6) is 0 Å². The lowest BCUT2D eigenvalue weighted by atomic mass is 9.71. The molecule has 3 heteroatoms. The third-order valence-electron chi connectivity index (χ3n) is 5.06. The summed E-state index contributed by atoms with van der Waals surface area (Å²) in [6, 6.07) is 0. The molecule has 1 aliphatic carbocycles. The number of aldehydes is 1. The number of hydrogen-bond donors (Lipinski definition) is 1. The van der Waals surface area contributed by atoms with Gasteiger partial charge in [0.25, 0.3) is 0 Å². The van der Waals surface area contributed by atoms with Gasteiger partial charge in [0.1, 0.15) is 6.29 Å². The van der Waals surface area contributed by atoms with Crippen LogP contribution in [0.25, 0.3) is 0 Å². The Hall–Kier alpha value is -0.410. The summed E-state index contributed by atoms with van der Waals surface area (Å²) >= 11 is 0. The molecule has 1 heterocycles. The molecule has 2 atom stereocenters. The van der Waals surface area contributed by atoms with E-state index in [-0.39, 0.29) is 11.5 Å². The van der Waals surface area contributed by atoms with Crippen LogP contribution in [0.3, 0.4) is 0 Å². The van der Waals surface area contributed by atoms with Gasteiger partial charge in [0, 0.05) is 18.5 Å². The van der Waals surface area contributed by atoms with Crippen LogP contribution >= 0.6 is 0 Å². The van der Waals surface area contributed by atoms with Crippen molar-refractivity contribution in [2.75, 3.05) is 19.6 Å². The Kier molecular flexibility index (Phi) is 4.44. The van der Waals surface area contributed by atoms with Gasteiger partial charge in [-0.25, -0.2) is 0 Å². The van der Waals surface area contributed by atoms with Crippen molar-refractivity contribution in [3.8, 4) is 0 Å². The van der Waals surface area contributed by atoms with Crippen LogP contribution in [-0.4, -0.2) is 42.0 Å². The van der Waals surface area contributed by atoms with Crippen LogP contribution in [0.2, 0.25) is 0 Å². The number of β-amino-alcohol motifs (C(OH)–C–C–N with tert-alkyl or cyclic N) is 1. The summed E-state index contributed by atoms with van der Waals surface area (Å²) in [4.78, 5) is 13.8. The van der Waals surface area contributed by atoms with Gasteiger partial charge in [-0.2, -0.15) is 0 Å². The molecule has 18 heavy (non-hydrogen) atoms. The van der Waals surface area contributed by atoms with E-state index < -0.39 is 0 Å². The summed E-state index contributed by atoms with van der Waals surface area (Å²) in [5.74, 6) is 1.17. The maximum absolute atomic E-state index is 11.5. The average molecular weight is 253 g/mol. The molecule has 1 aliphatic heterocycles. The predicted octanol–water partition coefficient (Wildman–Crippen LogP) is 2.08. The zero-order chi connectivity index (χ0) is 13.2. The number of rotatable bonds is 3. The molecule has 2 unspecified atom stereocenters. The summed E-state index contributed by atoms with van der Waals surface area (Å²) in [6.07, 6.45) is 6.43. The van der Waals surface area contributed by atoms with E-state index >= 15 is 0 Å². The Morgan fingerprint density at radius 1 is 1.28 bits per heavy atom. The molecule has 3 nitrogen and oxygen atoms in total. The largest absolute Gasteiger partial charge is 0.392 e. The van der Waals surface area contributed by atoms with Crippen molar-refractivity contribution in [2.24, 2.45) is 17.3 Å². The van der Waals surface area contributed by atoms with Gasteiger partial charge in [0.2, 0.25) is 0 Å². The number of hydrogen-bond acceptors (Lipinski definition) is 3. The number of carbonyl (C=O) groups is 1. The number of piperidine rings is 1. The topological polar surface area (TPSA) is 40.5 Å². The van der Waals surface area contributed by atoms with Crippen molar-refractivity contribution in [1.82, 2.24) is 4.90 Å². The van der Waals surface area contributed by atoms with Crippen molar-refractivity contribution >= 4 is 6.29 Å². The predicted molar refractivity (Wildman–Crippen MR) is 72.4 cm³/mol. The van der Waals surface area contributed by atoms with Crippen LogP contribution in [0.15, 0.2) is 0 Å². The Morgan fingerprint density at radius 2 is 1.94 bits per heavy atom. The molecule has 0 bridgehead atoms. The molecule has 1 N–H and O–H groups in total. The molecule has 0 aromatic rings. The van der Waals surface area contributed by atoms with Crippen LogP contribution in [0, 0.1) is 17.3 Å². The summed E-state index contributed by atoms with van der Waals surface area (Å²) in [5, 5.41) is 9.95. The second-order valence-electron chi connectivity index (χ2n) is 6.73. The second-order valence-corrected chi connectivity index (χ2v) is 6.73. The normalized spacial score (nSPS) is 42.7. The minimum absolute atomic E-state index is 0.132. The van der Waals surface area contributed by atoms with E-state index in [9.17, 15) is 9.90 Å². The maximum Gasteiger partial charge on any atom is 0.127 e. The van der Waals surface area contributed by atoms with Gasteiger partial charge in [-0.1, -0.05) is 13.8 Å². The minimum atomic E-state index is -0.218. The van der Waals surface area contributed by atoms with Gasteiger partial charge in [-0.3, -0.25) is 4.90 Å². The Balaban J connectivity index is 1.92. The van der Waals surface area contributed by atoms with Gasteiger partial charge >= 0.3 is 0 Å².